The molecule has 20 heavy (non-hydrogen) atoms. The summed E-state index contributed by atoms with van der Waals surface area (Å²) in [5.74, 6) is 2.51. The molecule has 0 bridgehead atoms. The third kappa shape index (κ3) is 5.19. The van der Waals surface area contributed by atoms with Gasteiger partial charge in [0.15, 0.2) is 0 Å². The Kier molecular flexibility index (Phi) is 7.12. The standard InChI is InChI=1S/C11H16O.C8H16/c1-4-9-6-8(3)11(12)10(5-2)7-9;1-7-3-5-8(2)6-4-7/h6-7,12H,4-5H2,1-3H3;7-8H,3-6H2,1-2H3. The highest BCUT2D eigenvalue weighted by molar-refractivity contribution is 5.42. The zero-order valence-electron chi connectivity index (χ0n) is 14.0. The van der Waals surface area contributed by atoms with E-state index < -0.39 is 0 Å². The largest absolute Gasteiger partial charge is 0.507 e. The van der Waals surface area contributed by atoms with Gasteiger partial charge in [-0.2, -0.15) is 0 Å². The zero-order chi connectivity index (χ0) is 15.1. The van der Waals surface area contributed by atoms with Gasteiger partial charge in [0.2, 0.25) is 0 Å². The maximum atomic E-state index is 9.62. The van der Waals surface area contributed by atoms with E-state index in [0.717, 1.165) is 35.8 Å². The van der Waals surface area contributed by atoms with Crippen LogP contribution in [0.15, 0.2) is 12.1 Å². The Morgan fingerprint density at radius 1 is 0.950 bits per heavy atom. The quantitative estimate of drug-likeness (QED) is 0.739. The lowest BCUT2D eigenvalue weighted by atomic mass is 9.84. The van der Waals surface area contributed by atoms with Gasteiger partial charge in [0.1, 0.15) is 5.75 Å². The van der Waals surface area contributed by atoms with Crippen molar-refractivity contribution in [1.29, 1.82) is 0 Å². The topological polar surface area (TPSA) is 20.2 Å². The SMILES string of the molecule is CC1CCC(C)CC1.CCc1cc(C)c(O)c(CC)c1. The molecule has 0 unspecified atom stereocenters. The highest BCUT2D eigenvalue weighted by Gasteiger charge is 2.13. The third-order valence-electron chi connectivity index (χ3n) is 4.53. The average molecular weight is 276 g/mol. The Morgan fingerprint density at radius 2 is 1.45 bits per heavy atom. The normalized spacial score (nSPS) is 22.1. The van der Waals surface area contributed by atoms with Crippen molar-refractivity contribution in [3.8, 4) is 5.75 Å². The molecular weight excluding hydrogens is 244 g/mol. The van der Waals surface area contributed by atoms with Crippen LogP contribution in [0.2, 0.25) is 0 Å². The van der Waals surface area contributed by atoms with Crippen LogP contribution < -0.4 is 0 Å². The second-order valence-corrected chi connectivity index (χ2v) is 6.49. The van der Waals surface area contributed by atoms with E-state index in [1.807, 2.05) is 6.92 Å². The van der Waals surface area contributed by atoms with E-state index in [9.17, 15) is 5.11 Å². The van der Waals surface area contributed by atoms with Gasteiger partial charge >= 0.3 is 0 Å². The maximum Gasteiger partial charge on any atom is 0.121 e. The van der Waals surface area contributed by atoms with Crippen LogP contribution in [0.3, 0.4) is 0 Å². The Hall–Kier alpha value is -0.980. The lowest BCUT2D eigenvalue weighted by Gasteiger charge is -2.22. The summed E-state index contributed by atoms with van der Waals surface area (Å²) < 4.78 is 0. The van der Waals surface area contributed by atoms with E-state index in [2.05, 4.69) is 39.8 Å². The molecule has 1 nitrogen and oxygen atoms in total. The minimum atomic E-state index is 0.467. The summed E-state index contributed by atoms with van der Waals surface area (Å²) in [6, 6.07) is 4.14. The van der Waals surface area contributed by atoms with Crippen LogP contribution >= 0.6 is 0 Å². The number of phenols is 1. The first-order chi connectivity index (χ1) is 9.47. The zero-order valence-corrected chi connectivity index (χ0v) is 14.0. The van der Waals surface area contributed by atoms with Crippen molar-refractivity contribution in [2.75, 3.05) is 0 Å². The van der Waals surface area contributed by atoms with Gasteiger partial charge in [0.25, 0.3) is 0 Å². The summed E-state index contributed by atoms with van der Waals surface area (Å²) in [5, 5.41) is 9.62. The number of phenolic OH excluding ortho intramolecular Hbond substituents is 1. The van der Waals surface area contributed by atoms with Gasteiger partial charge in [0, 0.05) is 0 Å². The first-order valence-corrected chi connectivity index (χ1v) is 8.29. The summed E-state index contributed by atoms with van der Waals surface area (Å²) in [5.41, 5.74) is 3.36. The molecule has 1 fully saturated rings. The molecule has 1 aliphatic carbocycles. The summed E-state index contributed by atoms with van der Waals surface area (Å²) in [7, 11) is 0. The fourth-order valence-corrected chi connectivity index (χ4v) is 2.83. The summed E-state index contributed by atoms with van der Waals surface area (Å²) in [6.07, 6.45) is 7.83. The first-order valence-electron chi connectivity index (χ1n) is 8.29. The molecule has 0 heterocycles. The summed E-state index contributed by atoms with van der Waals surface area (Å²) >= 11 is 0. The smallest absolute Gasteiger partial charge is 0.121 e. The van der Waals surface area contributed by atoms with Gasteiger partial charge in [0.05, 0.1) is 0 Å². The monoisotopic (exact) mass is 276 g/mol. The van der Waals surface area contributed by atoms with Crippen molar-refractivity contribution in [3.05, 3.63) is 28.8 Å². The van der Waals surface area contributed by atoms with Crippen molar-refractivity contribution in [2.45, 2.75) is 73.1 Å². The number of aryl methyl sites for hydroxylation is 3. The molecule has 1 aromatic rings. The lowest BCUT2D eigenvalue weighted by Crippen LogP contribution is -2.08. The Balaban J connectivity index is 0.000000217. The van der Waals surface area contributed by atoms with Gasteiger partial charge in [-0.3, -0.25) is 0 Å². The molecule has 0 atom stereocenters. The van der Waals surface area contributed by atoms with Gasteiger partial charge in [-0.25, -0.2) is 0 Å². The molecule has 1 heteroatoms. The maximum absolute atomic E-state index is 9.62. The van der Waals surface area contributed by atoms with E-state index in [1.165, 1.54) is 31.2 Å². The van der Waals surface area contributed by atoms with E-state index in [4.69, 9.17) is 0 Å². The molecular formula is C19H32O. The minimum Gasteiger partial charge on any atom is -0.507 e. The first kappa shape index (κ1) is 17.1. The summed E-state index contributed by atoms with van der Waals surface area (Å²) in [6.45, 7) is 10.9. The molecule has 1 saturated carbocycles. The highest BCUT2D eigenvalue weighted by Crippen LogP contribution is 2.27. The molecule has 0 spiro atoms. The van der Waals surface area contributed by atoms with Crippen LogP contribution in [0.1, 0.15) is 70.1 Å². The van der Waals surface area contributed by atoms with Gasteiger partial charge in [-0.1, -0.05) is 65.5 Å². The molecule has 1 aliphatic rings. The second-order valence-electron chi connectivity index (χ2n) is 6.49. The van der Waals surface area contributed by atoms with Crippen LogP contribution in [-0.4, -0.2) is 5.11 Å². The molecule has 0 radical (unpaired) electrons. The van der Waals surface area contributed by atoms with E-state index in [-0.39, 0.29) is 0 Å². The Labute approximate surface area is 125 Å². The highest BCUT2D eigenvalue weighted by atomic mass is 16.3. The van der Waals surface area contributed by atoms with Gasteiger partial charge in [-0.05, 0) is 48.3 Å². The van der Waals surface area contributed by atoms with Crippen molar-refractivity contribution >= 4 is 0 Å². The number of hydrogen-bond donors (Lipinski definition) is 1. The van der Waals surface area contributed by atoms with Crippen molar-refractivity contribution in [1.82, 2.24) is 0 Å². The molecule has 0 aromatic heterocycles. The molecule has 0 aliphatic heterocycles. The summed E-state index contributed by atoms with van der Waals surface area (Å²) in [4.78, 5) is 0. The molecule has 114 valence electrons. The molecule has 0 amide bonds. The molecule has 1 N–H and O–H groups in total. The van der Waals surface area contributed by atoms with Gasteiger partial charge in [-0.15, -0.1) is 0 Å². The Bertz CT molecular complexity index is 390. The van der Waals surface area contributed by atoms with E-state index in [1.54, 1.807) is 0 Å². The van der Waals surface area contributed by atoms with Crippen molar-refractivity contribution in [3.63, 3.8) is 0 Å². The number of hydrogen-bond acceptors (Lipinski definition) is 1. The van der Waals surface area contributed by atoms with Gasteiger partial charge < -0.3 is 5.11 Å². The van der Waals surface area contributed by atoms with Crippen LogP contribution in [-0.2, 0) is 12.8 Å². The Morgan fingerprint density at radius 3 is 1.85 bits per heavy atom. The number of benzene rings is 1. The lowest BCUT2D eigenvalue weighted by molar-refractivity contribution is 0.308. The third-order valence-corrected chi connectivity index (χ3v) is 4.53. The second kappa shape index (κ2) is 8.34. The van der Waals surface area contributed by atoms with Crippen LogP contribution in [0.25, 0.3) is 0 Å². The van der Waals surface area contributed by atoms with E-state index >= 15 is 0 Å². The fraction of sp³-hybridized carbons (Fsp3) is 0.684. The van der Waals surface area contributed by atoms with Crippen LogP contribution in [0, 0.1) is 18.8 Å². The fourth-order valence-electron chi connectivity index (χ4n) is 2.83. The number of aromatic hydroxyl groups is 1. The minimum absolute atomic E-state index is 0.467. The van der Waals surface area contributed by atoms with Crippen LogP contribution in [0.4, 0.5) is 0 Å². The predicted molar refractivity (Wildman–Crippen MR) is 88.4 cm³/mol. The van der Waals surface area contributed by atoms with E-state index in [0.29, 0.717) is 5.75 Å². The number of rotatable bonds is 2. The van der Waals surface area contributed by atoms with Crippen LogP contribution in [0.5, 0.6) is 5.75 Å². The van der Waals surface area contributed by atoms with Crippen molar-refractivity contribution < 1.29 is 5.11 Å². The van der Waals surface area contributed by atoms with Crippen molar-refractivity contribution in [2.24, 2.45) is 11.8 Å². The average Bonchev–Trinajstić information content (AvgIpc) is 2.45. The molecule has 2 rings (SSSR count). The molecule has 1 aromatic carbocycles. The predicted octanol–water partition coefficient (Wildman–Crippen LogP) is 5.66. The molecule has 0 saturated heterocycles.